The van der Waals surface area contributed by atoms with Gasteiger partial charge in [0.1, 0.15) is 11.5 Å². The molecule has 2 fully saturated rings. The van der Waals surface area contributed by atoms with Crippen LogP contribution in [0.4, 0.5) is 5.69 Å². The van der Waals surface area contributed by atoms with E-state index in [4.69, 9.17) is 14.2 Å². The number of carbonyl (C=O) groups is 2. The van der Waals surface area contributed by atoms with Crippen molar-refractivity contribution in [1.82, 2.24) is 9.80 Å². The number of hydrogen-bond acceptors (Lipinski definition) is 8. The van der Waals surface area contributed by atoms with Crippen LogP contribution in [0.1, 0.15) is 28.4 Å². The van der Waals surface area contributed by atoms with Gasteiger partial charge in [-0.05, 0) is 49.6 Å². The van der Waals surface area contributed by atoms with Gasteiger partial charge < -0.3 is 19.1 Å². The predicted octanol–water partition coefficient (Wildman–Crippen LogP) is 2.56. The van der Waals surface area contributed by atoms with Crippen LogP contribution in [0.5, 0.6) is 11.5 Å². The first-order chi connectivity index (χ1) is 17.6. The number of benzene rings is 2. The Morgan fingerprint density at radius 2 is 1.72 bits per heavy atom. The molecule has 1 unspecified atom stereocenters. The van der Waals surface area contributed by atoms with E-state index in [0.717, 1.165) is 61.7 Å². The molecule has 8 nitrogen and oxygen atoms in total. The molecule has 36 heavy (non-hydrogen) atoms. The largest absolute Gasteiger partial charge is 0.492 e. The van der Waals surface area contributed by atoms with Crippen LogP contribution in [0.15, 0.2) is 36.4 Å². The average molecular weight is 494 g/mol. The Morgan fingerprint density at radius 1 is 0.972 bits per heavy atom. The van der Waals surface area contributed by atoms with Gasteiger partial charge in [0.15, 0.2) is 0 Å². The molecular weight excluding hydrogens is 458 g/mol. The summed E-state index contributed by atoms with van der Waals surface area (Å²) < 4.78 is 17.4. The van der Waals surface area contributed by atoms with Gasteiger partial charge in [0.05, 0.1) is 31.1 Å². The summed E-state index contributed by atoms with van der Waals surface area (Å²) in [4.78, 5) is 32.3. The number of ether oxygens (including phenoxy) is 3. The number of ketones is 2. The minimum absolute atomic E-state index is 0.382. The van der Waals surface area contributed by atoms with Gasteiger partial charge in [-0.15, -0.1) is 0 Å². The second kappa shape index (κ2) is 11.0. The number of carbonyl (C=O) groups excluding carboxylic acids is 2. The van der Waals surface area contributed by atoms with Gasteiger partial charge in [-0.25, -0.2) is 0 Å². The van der Waals surface area contributed by atoms with E-state index in [2.05, 4.69) is 21.9 Å². The van der Waals surface area contributed by atoms with Gasteiger partial charge in [-0.3, -0.25) is 19.4 Å². The Morgan fingerprint density at radius 3 is 2.47 bits per heavy atom. The third-order valence-corrected chi connectivity index (χ3v) is 7.39. The molecule has 2 aromatic carbocycles. The zero-order chi connectivity index (χ0) is 25.1. The summed E-state index contributed by atoms with van der Waals surface area (Å²) in [6.07, 6.45) is 0.0121. The maximum absolute atomic E-state index is 12.8. The van der Waals surface area contributed by atoms with Crippen molar-refractivity contribution in [1.29, 1.82) is 0 Å². The number of fused-ring (bicyclic) bond motifs is 1. The van der Waals surface area contributed by atoms with E-state index < -0.39 is 17.8 Å². The third kappa shape index (κ3) is 4.98. The standard InChI is InChI=1S/C28H35N3O5/c1-3-35-24-7-5-4-6-23(24)30-14-12-29(13-15-30)11-10-21-8-9-22-25(32)26(33)28(36-27(22)20(21)2)31-16-18-34-19-17-31/h4-9,28H,3,10-19H2,1-2H3. The number of nitrogens with zero attached hydrogens (tertiary/aromatic N) is 3. The van der Waals surface area contributed by atoms with Crippen molar-refractivity contribution >= 4 is 17.3 Å². The summed E-state index contributed by atoms with van der Waals surface area (Å²) in [5.74, 6) is 0.568. The minimum Gasteiger partial charge on any atom is -0.492 e. The van der Waals surface area contributed by atoms with Crippen molar-refractivity contribution in [3.63, 3.8) is 0 Å². The minimum atomic E-state index is -0.851. The van der Waals surface area contributed by atoms with Crippen LogP contribution in [0.25, 0.3) is 0 Å². The van der Waals surface area contributed by atoms with Gasteiger partial charge in [-0.2, -0.15) is 0 Å². The zero-order valence-electron chi connectivity index (χ0n) is 21.2. The summed E-state index contributed by atoms with van der Waals surface area (Å²) in [7, 11) is 0. The van der Waals surface area contributed by atoms with Crippen LogP contribution < -0.4 is 14.4 Å². The molecule has 0 amide bonds. The van der Waals surface area contributed by atoms with Crippen LogP contribution in [0, 0.1) is 6.92 Å². The number of piperazine rings is 1. The van der Waals surface area contributed by atoms with E-state index in [9.17, 15) is 9.59 Å². The van der Waals surface area contributed by atoms with E-state index >= 15 is 0 Å². The quantitative estimate of drug-likeness (QED) is 0.545. The van der Waals surface area contributed by atoms with E-state index in [0.29, 0.717) is 44.2 Å². The molecule has 1 atom stereocenters. The second-order valence-electron chi connectivity index (χ2n) is 9.52. The van der Waals surface area contributed by atoms with Crippen molar-refractivity contribution in [3.05, 3.63) is 53.1 Å². The number of anilines is 1. The van der Waals surface area contributed by atoms with Gasteiger partial charge in [-0.1, -0.05) is 18.2 Å². The van der Waals surface area contributed by atoms with Crippen molar-refractivity contribution in [2.45, 2.75) is 26.5 Å². The third-order valence-electron chi connectivity index (χ3n) is 7.39. The van der Waals surface area contributed by atoms with E-state index in [1.54, 1.807) is 6.07 Å². The van der Waals surface area contributed by atoms with Gasteiger partial charge >= 0.3 is 0 Å². The van der Waals surface area contributed by atoms with Crippen molar-refractivity contribution in [2.24, 2.45) is 0 Å². The second-order valence-corrected chi connectivity index (χ2v) is 9.52. The molecule has 8 heteroatoms. The molecule has 192 valence electrons. The highest BCUT2D eigenvalue weighted by Gasteiger charge is 2.40. The monoisotopic (exact) mass is 493 g/mol. The Balaban J connectivity index is 1.22. The number of Topliss-reactive ketones (excluding diaryl/α,β-unsaturated/α-hetero) is 2. The SMILES string of the molecule is CCOc1ccccc1N1CCN(CCc2ccc3c(c2C)OC(N2CCOCC2)C(=O)C3=O)CC1. The highest BCUT2D eigenvalue weighted by atomic mass is 16.5. The molecule has 0 radical (unpaired) electrons. The summed E-state index contributed by atoms with van der Waals surface area (Å²) in [6.45, 7) is 11.7. The highest BCUT2D eigenvalue weighted by Crippen LogP contribution is 2.34. The molecule has 0 N–H and O–H groups in total. The Bertz CT molecular complexity index is 1110. The summed E-state index contributed by atoms with van der Waals surface area (Å²) >= 11 is 0. The molecule has 2 aromatic rings. The van der Waals surface area contributed by atoms with Crippen molar-refractivity contribution < 1.29 is 23.8 Å². The molecular formula is C28H35N3O5. The summed E-state index contributed by atoms with van der Waals surface area (Å²) in [5.41, 5.74) is 3.65. The fourth-order valence-electron chi connectivity index (χ4n) is 5.28. The molecule has 0 aliphatic carbocycles. The Kier molecular flexibility index (Phi) is 7.55. The lowest BCUT2D eigenvalue weighted by molar-refractivity contribution is -0.134. The molecule has 3 heterocycles. The van der Waals surface area contributed by atoms with Crippen LogP contribution in [-0.2, 0) is 16.0 Å². The van der Waals surface area contributed by atoms with Crippen molar-refractivity contribution in [3.8, 4) is 11.5 Å². The van der Waals surface area contributed by atoms with Gasteiger partial charge in [0.25, 0.3) is 5.78 Å². The van der Waals surface area contributed by atoms with Gasteiger partial charge in [0, 0.05) is 45.8 Å². The molecule has 0 spiro atoms. The van der Waals surface area contributed by atoms with Crippen LogP contribution in [0.2, 0.25) is 0 Å². The summed E-state index contributed by atoms with van der Waals surface area (Å²) in [6, 6.07) is 12.0. The van der Waals surface area contributed by atoms with Crippen LogP contribution >= 0.6 is 0 Å². The molecule has 3 aliphatic rings. The van der Waals surface area contributed by atoms with Gasteiger partial charge in [0.2, 0.25) is 12.0 Å². The van der Waals surface area contributed by atoms with Crippen molar-refractivity contribution in [2.75, 3.05) is 70.5 Å². The van der Waals surface area contributed by atoms with E-state index in [1.165, 1.54) is 0 Å². The van der Waals surface area contributed by atoms with E-state index in [-0.39, 0.29) is 0 Å². The number of hydrogen-bond donors (Lipinski definition) is 0. The lowest BCUT2D eigenvalue weighted by Gasteiger charge is -2.37. The number of morpholine rings is 1. The van der Waals surface area contributed by atoms with E-state index in [1.807, 2.05) is 36.9 Å². The average Bonchev–Trinajstić information content (AvgIpc) is 2.92. The fourth-order valence-corrected chi connectivity index (χ4v) is 5.28. The summed E-state index contributed by atoms with van der Waals surface area (Å²) in [5, 5.41) is 0. The number of rotatable bonds is 7. The zero-order valence-corrected chi connectivity index (χ0v) is 21.2. The normalized spacial score (nSPS) is 21.3. The lowest BCUT2D eigenvalue weighted by Crippen LogP contribution is -2.54. The Labute approximate surface area is 212 Å². The number of para-hydroxylation sites is 2. The van der Waals surface area contributed by atoms with Crippen LogP contribution in [-0.4, -0.2) is 93.2 Å². The smallest absolute Gasteiger partial charge is 0.259 e. The Hall–Kier alpha value is -2.94. The molecule has 5 rings (SSSR count). The maximum atomic E-state index is 12.8. The fraction of sp³-hybridized carbons (Fsp3) is 0.500. The molecule has 0 aromatic heterocycles. The highest BCUT2D eigenvalue weighted by molar-refractivity contribution is 6.46. The van der Waals surface area contributed by atoms with Crippen LogP contribution in [0.3, 0.4) is 0 Å². The lowest BCUT2D eigenvalue weighted by atomic mass is 9.94. The molecule has 0 bridgehead atoms. The molecule has 3 aliphatic heterocycles. The maximum Gasteiger partial charge on any atom is 0.259 e. The molecule has 2 saturated heterocycles. The predicted molar refractivity (Wildman–Crippen MR) is 137 cm³/mol. The first-order valence-corrected chi connectivity index (χ1v) is 13.0. The molecule has 0 saturated carbocycles. The first kappa shape index (κ1) is 24.7. The topological polar surface area (TPSA) is 71.5 Å². The first-order valence-electron chi connectivity index (χ1n) is 13.0.